The molecule has 0 bridgehead atoms. The lowest BCUT2D eigenvalue weighted by Gasteiger charge is -2.26. The van der Waals surface area contributed by atoms with Crippen LogP contribution in [0.25, 0.3) is 0 Å². The summed E-state index contributed by atoms with van der Waals surface area (Å²) in [5, 5.41) is 5.65. The molecule has 1 saturated heterocycles. The average Bonchev–Trinajstić information content (AvgIpc) is 2.68. The van der Waals surface area contributed by atoms with Crippen LogP contribution in [0.4, 0.5) is 16.2 Å². The zero-order valence-corrected chi connectivity index (χ0v) is 15.7. The molecule has 2 N–H and O–H groups in total. The van der Waals surface area contributed by atoms with Crippen molar-refractivity contribution >= 4 is 17.4 Å². The molecule has 2 amide bonds. The highest BCUT2D eigenvalue weighted by molar-refractivity contribution is 5.99. The van der Waals surface area contributed by atoms with E-state index in [9.17, 15) is 4.79 Å². The normalized spacial score (nSPS) is 14.6. The maximum Gasteiger partial charge on any atom is 0.323 e. The summed E-state index contributed by atoms with van der Waals surface area (Å²) in [7, 11) is 0. The van der Waals surface area contributed by atoms with Crippen molar-refractivity contribution in [3.8, 4) is 5.75 Å². The smallest absolute Gasteiger partial charge is 0.323 e. The highest BCUT2D eigenvalue weighted by Crippen LogP contribution is 2.18. The van der Waals surface area contributed by atoms with Gasteiger partial charge in [0.05, 0.1) is 19.8 Å². The predicted octanol–water partition coefficient (Wildman–Crippen LogP) is 3.74. The topological polar surface area (TPSA) is 62.8 Å². The fourth-order valence-corrected chi connectivity index (χ4v) is 2.90. The van der Waals surface area contributed by atoms with Crippen LogP contribution in [0.5, 0.6) is 5.75 Å². The van der Waals surface area contributed by atoms with Gasteiger partial charge in [0, 0.05) is 37.1 Å². The summed E-state index contributed by atoms with van der Waals surface area (Å²) in [6.45, 7) is 7.30. The second kappa shape index (κ2) is 9.94. The Kier molecular flexibility index (Phi) is 7.07. The first kappa shape index (κ1) is 19.2. The van der Waals surface area contributed by atoms with Crippen LogP contribution in [0, 0.1) is 6.92 Å². The Morgan fingerprint density at radius 3 is 2.59 bits per heavy atom. The molecule has 0 radical (unpaired) electrons. The van der Waals surface area contributed by atoms with Gasteiger partial charge in [0.25, 0.3) is 0 Å². The third kappa shape index (κ3) is 6.58. The Bertz CT molecular complexity index is 728. The largest absolute Gasteiger partial charge is 0.493 e. The minimum absolute atomic E-state index is 0.275. The van der Waals surface area contributed by atoms with Crippen LogP contribution >= 0.6 is 0 Å². The van der Waals surface area contributed by atoms with E-state index in [1.807, 2.05) is 55.5 Å². The van der Waals surface area contributed by atoms with Gasteiger partial charge in [-0.05, 0) is 37.6 Å². The van der Waals surface area contributed by atoms with Gasteiger partial charge in [-0.25, -0.2) is 4.79 Å². The number of nitrogens with one attached hydrogen (secondary N) is 2. The molecule has 1 heterocycles. The second-order valence-electron chi connectivity index (χ2n) is 6.63. The zero-order chi connectivity index (χ0) is 18.9. The molecule has 1 aliphatic rings. The van der Waals surface area contributed by atoms with Crippen molar-refractivity contribution in [3.05, 3.63) is 54.1 Å². The van der Waals surface area contributed by atoms with Gasteiger partial charge in [0.15, 0.2) is 0 Å². The summed E-state index contributed by atoms with van der Waals surface area (Å²) in [5.41, 5.74) is 2.61. The number of benzene rings is 2. The Balaban J connectivity index is 1.42. The molecule has 1 fully saturated rings. The lowest BCUT2D eigenvalue weighted by molar-refractivity contribution is 0.0358. The molecule has 6 heteroatoms. The van der Waals surface area contributed by atoms with Gasteiger partial charge in [-0.3, -0.25) is 4.90 Å². The third-order valence-electron chi connectivity index (χ3n) is 4.39. The molecule has 27 heavy (non-hydrogen) atoms. The Morgan fingerprint density at radius 2 is 1.81 bits per heavy atom. The van der Waals surface area contributed by atoms with E-state index < -0.39 is 0 Å². The first-order valence-corrected chi connectivity index (χ1v) is 9.37. The predicted molar refractivity (Wildman–Crippen MR) is 108 cm³/mol. The first-order chi connectivity index (χ1) is 13.2. The molecule has 0 unspecified atom stereocenters. The molecule has 0 atom stereocenters. The Labute approximate surface area is 160 Å². The number of hydrogen-bond donors (Lipinski definition) is 2. The molecule has 2 aromatic carbocycles. The Hall–Kier alpha value is -2.57. The van der Waals surface area contributed by atoms with Gasteiger partial charge in [-0.15, -0.1) is 0 Å². The quantitative estimate of drug-likeness (QED) is 0.730. The van der Waals surface area contributed by atoms with E-state index in [0.717, 1.165) is 56.3 Å². The number of carbonyl (C=O) groups is 1. The molecule has 0 aliphatic carbocycles. The van der Waals surface area contributed by atoms with E-state index in [0.29, 0.717) is 12.3 Å². The second-order valence-corrected chi connectivity index (χ2v) is 6.63. The van der Waals surface area contributed by atoms with E-state index >= 15 is 0 Å². The summed E-state index contributed by atoms with van der Waals surface area (Å²) in [6.07, 6.45) is 0.964. The standard InChI is InChI=1S/C21H27N3O3/c1-17-6-8-18(9-7-17)22-21(25)23-19-4-2-5-20(16-19)27-13-3-10-24-11-14-26-15-12-24/h2,4-9,16H,3,10-15H2,1H3,(H2,22,23,25). The summed E-state index contributed by atoms with van der Waals surface area (Å²) >= 11 is 0. The molecule has 0 saturated carbocycles. The van der Waals surface area contributed by atoms with Crippen molar-refractivity contribution in [2.45, 2.75) is 13.3 Å². The molecule has 6 nitrogen and oxygen atoms in total. The van der Waals surface area contributed by atoms with Gasteiger partial charge >= 0.3 is 6.03 Å². The average molecular weight is 369 g/mol. The number of nitrogens with zero attached hydrogens (tertiary/aromatic N) is 1. The summed E-state index contributed by atoms with van der Waals surface area (Å²) < 4.78 is 11.2. The lowest BCUT2D eigenvalue weighted by atomic mass is 10.2. The summed E-state index contributed by atoms with van der Waals surface area (Å²) in [5.74, 6) is 0.755. The molecule has 0 spiro atoms. The van der Waals surface area contributed by atoms with Gasteiger partial charge in [0.2, 0.25) is 0 Å². The van der Waals surface area contributed by atoms with Crippen LogP contribution in [0.2, 0.25) is 0 Å². The number of ether oxygens (including phenoxy) is 2. The van der Waals surface area contributed by atoms with Crippen molar-refractivity contribution < 1.29 is 14.3 Å². The maximum absolute atomic E-state index is 12.1. The van der Waals surface area contributed by atoms with E-state index in [2.05, 4.69) is 15.5 Å². The monoisotopic (exact) mass is 369 g/mol. The van der Waals surface area contributed by atoms with Gasteiger partial charge < -0.3 is 20.1 Å². The molecule has 1 aliphatic heterocycles. The van der Waals surface area contributed by atoms with Crippen LogP contribution in [0.15, 0.2) is 48.5 Å². The lowest BCUT2D eigenvalue weighted by Crippen LogP contribution is -2.37. The zero-order valence-electron chi connectivity index (χ0n) is 15.7. The van der Waals surface area contributed by atoms with Crippen LogP contribution in [-0.4, -0.2) is 50.4 Å². The van der Waals surface area contributed by atoms with Crippen molar-refractivity contribution in [2.75, 3.05) is 50.1 Å². The van der Waals surface area contributed by atoms with E-state index in [1.165, 1.54) is 0 Å². The molecule has 2 aromatic rings. The molecule has 3 rings (SSSR count). The van der Waals surface area contributed by atoms with Crippen LogP contribution in [0.3, 0.4) is 0 Å². The molecular weight excluding hydrogens is 342 g/mol. The number of anilines is 2. The van der Waals surface area contributed by atoms with E-state index in [4.69, 9.17) is 9.47 Å². The molecule has 0 aromatic heterocycles. The van der Waals surface area contributed by atoms with Crippen LogP contribution < -0.4 is 15.4 Å². The minimum Gasteiger partial charge on any atom is -0.493 e. The number of carbonyl (C=O) groups excluding carboxylic acids is 1. The van der Waals surface area contributed by atoms with Crippen molar-refractivity contribution in [1.82, 2.24) is 4.90 Å². The van der Waals surface area contributed by atoms with Crippen molar-refractivity contribution in [3.63, 3.8) is 0 Å². The number of hydrogen-bond acceptors (Lipinski definition) is 4. The number of amides is 2. The van der Waals surface area contributed by atoms with Gasteiger partial charge in [-0.1, -0.05) is 23.8 Å². The Morgan fingerprint density at radius 1 is 1.07 bits per heavy atom. The fraction of sp³-hybridized carbons (Fsp3) is 0.381. The number of morpholine rings is 1. The van der Waals surface area contributed by atoms with Gasteiger partial charge in [-0.2, -0.15) is 0 Å². The highest BCUT2D eigenvalue weighted by atomic mass is 16.5. The maximum atomic E-state index is 12.1. The van der Waals surface area contributed by atoms with E-state index in [-0.39, 0.29) is 6.03 Å². The SMILES string of the molecule is Cc1ccc(NC(=O)Nc2cccc(OCCCN3CCOCC3)c2)cc1. The minimum atomic E-state index is -0.275. The summed E-state index contributed by atoms with van der Waals surface area (Å²) in [4.78, 5) is 14.5. The van der Waals surface area contributed by atoms with Crippen LogP contribution in [-0.2, 0) is 4.74 Å². The number of aryl methyl sites for hydroxylation is 1. The van der Waals surface area contributed by atoms with Gasteiger partial charge in [0.1, 0.15) is 5.75 Å². The number of urea groups is 1. The summed E-state index contributed by atoms with van der Waals surface area (Å²) in [6, 6.07) is 14.9. The first-order valence-electron chi connectivity index (χ1n) is 9.37. The molecular formula is C21H27N3O3. The third-order valence-corrected chi connectivity index (χ3v) is 4.39. The van der Waals surface area contributed by atoms with Crippen molar-refractivity contribution in [1.29, 1.82) is 0 Å². The van der Waals surface area contributed by atoms with Crippen LogP contribution in [0.1, 0.15) is 12.0 Å². The fourth-order valence-electron chi connectivity index (χ4n) is 2.90. The number of rotatable bonds is 7. The highest BCUT2D eigenvalue weighted by Gasteiger charge is 2.09. The molecule has 144 valence electrons. The van der Waals surface area contributed by atoms with E-state index in [1.54, 1.807) is 0 Å². The van der Waals surface area contributed by atoms with Crippen molar-refractivity contribution in [2.24, 2.45) is 0 Å².